The fourth-order valence-electron chi connectivity index (χ4n) is 8.64. The van der Waals surface area contributed by atoms with Crippen LogP contribution in [0, 0.1) is 0 Å². The molecule has 0 saturated carbocycles. The number of esters is 2. The smallest absolute Gasteiger partial charge is 0.306 e. The molecule has 2 heterocycles. The normalized spacial score (nSPS) is 25.3. The predicted molar refractivity (Wildman–Crippen MR) is 280 cm³/mol. The van der Waals surface area contributed by atoms with Crippen molar-refractivity contribution in [2.24, 2.45) is 0 Å². The fourth-order valence-corrected chi connectivity index (χ4v) is 8.64. The zero-order valence-corrected chi connectivity index (χ0v) is 44.4. The quantitative estimate of drug-likeness (QED) is 0.0171. The highest BCUT2D eigenvalue weighted by Crippen LogP contribution is 2.26. The molecule has 2 rings (SSSR count). The Kier molecular flexibility index (Phi) is 39.8. The van der Waals surface area contributed by atoms with Crippen molar-refractivity contribution < 1.29 is 73.8 Å². The average Bonchev–Trinajstić information content (AvgIpc) is 3.37. The third-order valence-corrected chi connectivity index (χ3v) is 13.3. The summed E-state index contributed by atoms with van der Waals surface area (Å²) in [7, 11) is 0. The molecule has 0 amide bonds. The monoisotopic (exact) mass is 1020 g/mol. The maximum Gasteiger partial charge on any atom is 0.306 e. The Hall–Kier alpha value is -2.54. The van der Waals surface area contributed by atoms with Gasteiger partial charge in [-0.05, 0) is 70.6 Å². The van der Waals surface area contributed by atoms with E-state index in [1.165, 1.54) is 109 Å². The van der Waals surface area contributed by atoms with Crippen LogP contribution in [0.1, 0.15) is 206 Å². The third-order valence-electron chi connectivity index (χ3n) is 13.3. The summed E-state index contributed by atoms with van der Waals surface area (Å²) in [6.07, 6.45) is 32.8. The molecule has 72 heavy (non-hydrogen) atoms. The van der Waals surface area contributed by atoms with Crippen molar-refractivity contribution >= 4 is 11.9 Å². The van der Waals surface area contributed by atoms with Crippen molar-refractivity contribution in [1.82, 2.24) is 0 Å². The first kappa shape index (κ1) is 65.6. The molecule has 7 N–H and O–H groups in total. The van der Waals surface area contributed by atoms with Crippen LogP contribution in [0.4, 0.5) is 0 Å². The second-order valence-electron chi connectivity index (χ2n) is 19.8. The van der Waals surface area contributed by atoms with Crippen molar-refractivity contribution in [3.8, 4) is 0 Å². The molecule has 0 aromatic heterocycles. The third kappa shape index (κ3) is 30.7. The minimum atomic E-state index is -1.77. The molecular weight excluding hydrogens is 925 g/mol. The largest absolute Gasteiger partial charge is 0.462 e. The fraction of sp³-hybridized carbons (Fsp3) is 0.825. The lowest BCUT2D eigenvalue weighted by molar-refractivity contribution is -0.332. The van der Waals surface area contributed by atoms with Gasteiger partial charge in [-0.3, -0.25) is 9.59 Å². The second kappa shape index (κ2) is 43.7. The van der Waals surface area contributed by atoms with E-state index in [1.54, 1.807) is 0 Å². The Morgan fingerprint density at radius 2 is 0.847 bits per heavy atom. The number of aliphatic hydroxyl groups excluding tert-OH is 7. The summed E-state index contributed by atoms with van der Waals surface area (Å²) in [4.78, 5) is 25.8. The van der Waals surface area contributed by atoms with E-state index >= 15 is 0 Å². The highest BCUT2D eigenvalue weighted by Gasteiger charge is 2.47. The van der Waals surface area contributed by atoms with Crippen LogP contribution in [-0.2, 0) is 38.0 Å². The molecule has 0 radical (unpaired) electrons. The Balaban J connectivity index is 1.79. The first-order valence-corrected chi connectivity index (χ1v) is 28.2. The molecule has 4 unspecified atom stereocenters. The number of hydrogen-bond acceptors (Lipinski definition) is 15. The van der Waals surface area contributed by atoms with Gasteiger partial charge in [-0.25, -0.2) is 0 Å². The lowest BCUT2D eigenvalue weighted by Crippen LogP contribution is -2.61. The highest BCUT2D eigenvalue weighted by atomic mass is 16.7. The van der Waals surface area contributed by atoms with Gasteiger partial charge in [0.25, 0.3) is 0 Å². The van der Waals surface area contributed by atoms with Gasteiger partial charge in [0.05, 0.1) is 19.8 Å². The van der Waals surface area contributed by atoms with E-state index in [2.05, 4.69) is 62.5 Å². The number of carbonyl (C=O) groups is 2. The van der Waals surface area contributed by atoms with Crippen molar-refractivity contribution in [2.75, 3.05) is 26.4 Å². The van der Waals surface area contributed by atoms with Gasteiger partial charge in [0.2, 0.25) is 0 Å². The zero-order valence-electron chi connectivity index (χ0n) is 44.4. The van der Waals surface area contributed by atoms with Crippen molar-refractivity contribution in [3.05, 3.63) is 48.6 Å². The predicted octanol–water partition coefficient (Wildman–Crippen LogP) is 9.05. The molecule has 418 valence electrons. The first-order chi connectivity index (χ1) is 35.0. The Bertz CT molecular complexity index is 1440. The van der Waals surface area contributed by atoms with E-state index in [9.17, 15) is 45.3 Å². The standard InChI is InChI=1S/C57H100O15/c1-3-5-7-9-11-13-15-17-19-21-22-24-26-28-30-32-34-36-38-40-49(60)70-45(42-67-48(59)39-37-35-33-31-29-27-25-23-20-18-16-14-12-10-8-6-4-2)43-68-56-55(66)53(64)51(62)47(72-56)44-69-57-54(65)52(63)50(61)46(41-58)71-57/h11,13,17,19,25,27,31,33,45-47,50-58,61-66H,3-10,12,14-16,18,20-24,26,28-30,32,34-44H2,1-2H3/b13-11+,19-17+,27-25+,33-31+/t45-,46+,47+,50-,51-,52?,53?,54?,55?,56+,57+/m1/s1. The minimum absolute atomic E-state index is 0.151. The van der Waals surface area contributed by atoms with Crippen LogP contribution in [0.25, 0.3) is 0 Å². The number of hydrogen-bond donors (Lipinski definition) is 7. The zero-order chi connectivity index (χ0) is 52.4. The van der Waals surface area contributed by atoms with E-state index in [4.69, 9.17) is 28.4 Å². The molecule has 0 aliphatic carbocycles. The van der Waals surface area contributed by atoms with E-state index in [-0.39, 0.29) is 19.4 Å². The number of allylic oxidation sites excluding steroid dienone is 8. The molecule has 0 spiro atoms. The maximum absolute atomic E-state index is 13.0. The van der Waals surface area contributed by atoms with Crippen LogP contribution in [0.15, 0.2) is 48.6 Å². The number of aliphatic hydroxyl groups is 7. The Labute approximate surface area is 433 Å². The topological polar surface area (TPSA) is 231 Å². The lowest BCUT2D eigenvalue weighted by atomic mass is 9.98. The number of ether oxygens (including phenoxy) is 6. The van der Waals surface area contributed by atoms with Gasteiger partial charge >= 0.3 is 11.9 Å². The van der Waals surface area contributed by atoms with Crippen LogP contribution in [0.5, 0.6) is 0 Å². The first-order valence-electron chi connectivity index (χ1n) is 28.2. The number of unbranched alkanes of at least 4 members (excludes halogenated alkanes) is 22. The highest BCUT2D eigenvalue weighted by molar-refractivity contribution is 5.70. The molecule has 0 aromatic carbocycles. The van der Waals surface area contributed by atoms with Gasteiger partial charge in [0, 0.05) is 12.8 Å². The van der Waals surface area contributed by atoms with E-state index in [0.29, 0.717) is 19.3 Å². The van der Waals surface area contributed by atoms with Gasteiger partial charge in [-0.2, -0.15) is 0 Å². The van der Waals surface area contributed by atoms with Gasteiger partial charge in [0.15, 0.2) is 18.7 Å². The summed E-state index contributed by atoms with van der Waals surface area (Å²) in [6, 6.07) is 0. The second-order valence-corrected chi connectivity index (χ2v) is 19.8. The molecule has 2 aliphatic heterocycles. The molecule has 2 aliphatic rings. The summed E-state index contributed by atoms with van der Waals surface area (Å²) in [5.41, 5.74) is 0. The molecule has 11 atom stereocenters. The van der Waals surface area contributed by atoms with Crippen molar-refractivity contribution in [3.63, 3.8) is 0 Å². The molecule has 15 nitrogen and oxygen atoms in total. The molecule has 0 bridgehead atoms. The van der Waals surface area contributed by atoms with Crippen LogP contribution < -0.4 is 0 Å². The van der Waals surface area contributed by atoms with E-state index < -0.39 is 99.3 Å². The van der Waals surface area contributed by atoms with Crippen LogP contribution in [-0.4, -0.2) is 142 Å². The summed E-state index contributed by atoms with van der Waals surface area (Å²) in [5, 5.41) is 72.2. The van der Waals surface area contributed by atoms with Gasteiger partial charge in [-0.15, -0.1) is 0 Å². The van der Waals surface area contributed by atoms with Gasteiger partial charge < -0.3 is 64.2 Å². The summed E-state index contributed by atoms with van der Waals surface area (Å²) in [5.74, 6) is -0.980. The Morgan fingerprint density at radius 3 is 1.36 bits per heavy atom. The maximum atomic E-state index is 13.0. The molecular formula is C57H100O15. The molecule has 15 heteroatoms. The van der Waals surface area contributed by atoms with Crippen LogP contribution in [0.3, 0.4) is 0 Å². The minimum Gasteiger partial charge on any atom is -0.462 e. The van der Waals surface area contributed by atoms with E-state index in [0.717, 1.165) is 51.4 Å². The molecule has 0 aromatic rings. The van der Waals surface area contributed by atoms with Crippen molar-refractivity contribution in [1.29, 1.82) is 0 Å². The summed E-state index contributed by atoms with van der Waals surface area (Å²) >= 11 is 0. The number of carbonyl (C=O) groups excluding carboxylic acids is 2. The number of rotatable bonds is 44. The molecule has 2 fully saturated rings. The van der Waals surface area contributed by atoms with E-state index in [1.807, 2.05) is 0 Å². The SMILES string of the molecule is CCCCC/C=C/C/C=C/CCCCCCCCCCCC(=O)O[C@H](COC(=O)CCC/C=C/C/C=C/CCCCCCCCCCC)CO[C@H]1O[C@@H](CO[C@H]2O[C@@H](CO)[C@@H](O)C(O)C2O)[C@@H](O)C(O)C1O. The average molecular weight is 1030 g/mol. The van der Waals surface area contributed by atoms with Crippen molar-refractivity contribution in [2.45, 2.75) is 274 Å². The molecule has 2 saturated heterocycles. The Morgan fingerprint density at radius 1 is 0.444 bits per heavy atom. The lowest BCUT2D eigenvalue weighted by Gasteiger charge is -2.42. The van der Waals surface area contributed by atoms with Gasteiger partial charge in [-0.1, -0.05) is 172 Å². The van der Waals surface area contributed by atoms with Crippen LogP contribution in [0.2, 0.25) is 0 Å². The summed E-state index contributed by atoms with van der Waals surface area (Å²) in [6.45, 7) is 2.54. The van der Waals surface area contributed by atoms with Crippen LogP contribution >= 0.6 is 0 Å². The van der Waals surface area contributed by atoms with Gasteiger partial charge in [0.1, 0.15) is 55.4 Å². The summed E-state index contributed by atoms with van der Waals surface area (Å²) < 4.78 is 33.6.